The lowest BCUT2D eigenvalue weighted by Gasteiger charge is -2.34. The number of hydrogen-bond acceptors (Lipinski definition) is 2. The van der Waals surface area contributed by atoms with Gasteiger partial charge >= 0.3 is 0 Å². The molecular formula is C17H20N2O. The van der Waals surface area contributed by atoms with Crippen molar-refractivity contribution < 1.29 is 4.79 Å². The third-order valence-corrected chi connectivity index (χ3v) is 5.72. The highest BCUT2D eigenvalue weighted by atomic mass is 16.2. The van der Waals surface area contributed by atoms with Gasteiger partial charge in [0.25, 0.3) is 0 Å². The third-order valence-electron chi connectivity index (χ3n) is 5.72. The van der Waals surface area contributed by atoms with Crippen molar-refractivity contribution in [1.82, 2.24) is 10.4 Å². The van der Waals surface area contributed by atoms with Crippen molar-refractivity contribution in [3.8, 4) is 0 Å². The van der Waals surface area contributed by atoms with Gasteiger partial charge in [-0.05, 0) is 23.3 Å². The lowest BCUT2D eigenvalue weighted by Crippen LogP contribution is -2.43. The van der Waals surface area contributed by atoms with Crippen molar-refractivity contribution >= 4 is 5.91 Å². The highest BCUT2D eigenvalue weighted by Crippen LogP contribution is 2.64. The number of nitrogens with one attached hydrogen (secondary N) is 1. The van der Waals surface area contributed by atoms with Crippen LogP contribution in [0.4, 0.5) is 0 Å². The normalized spacial score (nSPS) is 36.7. The van der Waals surface area contributed by atoms with Crippen molar-refractivity contribution in [2.24, 2.45) is 16.7 Å². The molecule has 2 aliphatic carbocycles. The summed E-state index contributed by atoms with van der Waals surface area (Å²) in [5.74, 6) is 0.774. The van der Waals surface area contributed by atoms with Crippen LogP contribution >= 0.6 is 0 Å². The molecule has 1 aromatic carbocycles. The summed E-state index contributed by atoms with van der Waals surface area (Å²) in [7, 11) is 0. The SMILES string of the molecule is CC1(C)[C@@H]2C=C[C@]13C(=O)N(Cc1ccccc1)N[C@@H]3C2. The minimum atomic E-state index is -0.327. The van der Waals surface area contributed by atoms with E-state index in [0.29, 0.717) is 12.5 Å². The first kappa shape index (κ1) is 12.2. The van der Waals surface area contributed by atoms with Crippen molar-refractivity contribution in [2.75, 3.05) is 0 Å². The number of hydrazine groups is 1. The van der Waals surface area contributed by atoms with Gasteiger partial charge in [0, 0.05) is 6.04 Å². The number of fused-ring (bicyclic) bond motifs is 1. The molecule has 2 fully saturated rings. The summed E-state index contributed by atoms with van der Waals surface area (Å²) in [4.78, 5) is 13.0. The Balaban J connectivity index is 1.65. The molecule has 1 N–H and O–H groups in total. The Hall–Kier alpha value is -1.61. The molecule has 1 aromatic rings. The molecule has 1 heterocycles. The Labute approximate surface area is 119 Å². The minimum Gasteiger partial charge on any atom is -0.272 e. The fraction of sp³-hybridized carbons (Fsp3) is 0.471. The van der Waals surface area contributed by atoms with Crippen LogP contribution in [0, 0.1) is 16.7 Å². The summed E-state index contributed by atoms with van der Waals surface area (Å²) < 4.78 is 0. The first-order valence-electron chi connectivity index (χ1n) is 7.37. The van der Waals surface area contributed by atoms with Gasteiger partial charge < -0.3 is 0 Å². The molecule has 3 nitrogen and oxygen atoms in total. The monoisotopic (exact) mass is 268 g/mol. The summed E-state index contributed by atoms with van der Waals surface area (Å²) in [6, 6.07) is 10.4. The van der Waals surface area contributed by atoms with Crippen LogP contribution in [0.2, 0.25) is 0 Å². The molecule has 2 bridgehead atoms. The Kier molecular flexibility index (Phi) is 2.27. The van der Waals surface area contributed by atoms with E-state index >= 15 is 0 Å². The summed E-state index contributed by atoms with van der Waals surface area (Å²) >= 11 is 0. The zero-order valence-electron chi connectivity index (χ0n) is 12.0. The highest BCUT2D eigenvalue weighted by Gasteiger charge is 2.69. The summed E-state index contributed by atoms with van der Waals surface area (Å²) in [5.41, 5.74) is 4.34. The van der Waals surface area contributed by atoms with Crippen molar-refractivity contribution in [3.63, 3.8) is 0 Å². The molecule has 104 valence electrons. The molecule has 4 rings (SSSR count). The van der Waals surface area contributed by atoms with Gasteiger partial charge in [0.15, 0.2) is 0 Å². The topological polar surface area (TPSA) is 32.3 Å². The Morgan fingerprint density at radius 2 is 2.05 bits per heavy atom. The third kappa shape index (κ3) is 1.27. The van der Waals surface area contributed by atoms with Gasteiger partial charge in [-0.2, -0.15) is 0 Å². The number of rotatable bonds is 2. The predicted molar refractivity (Wildman–Crippen MR) is 77.4 cm³/mol. The van der Waals surface area contributed by atoms with Crippen LogP contribution in [0.15, 0.2) is 42.5 Å². The molecule has 0 radical (unpaired) electrons. The molecule has 1 spiro atoms. The van der Waals surface area contributed by atoms with E-state index in [1.54, 1.807) is 0 Å². The molecule has 0 unspecified atom stereocenters. The molecular weight excluding hydrogens is 248 g/mol. The minimum absolute atomic E-state index is 0.0349. The fourth-order valence-electron chi connectivity index (χ4n) is 4.41. The lowest BCUT2D eigenvalue weighted by molar-refractivity contribution is -0.139. The number of carbonyl (C=O) groups is 1. The van der Waals surface area contributed by atoms with E-state index in [9.17, 15) is 4.79 Å². The zero-order chi connectivity index (χ0) is 14.0. The van der Waals surface area contributed by atoms with Crippen LogP contribution in [0.5, 0.6) is 0 Å². The highest BCUT2D eigenvalue weighted by molar-refractivity contribution is 5.90. The number of hydrogen-bond donors (Lipinski definition) is 1. The van der Waals surface area contributed by atoms with Crippen LogP contribution in [0.25, 0.3) is 0 Å². The average Bonchev–Trinajstić information content (AvgIpc) is 2.95. The number of amides is 1. The maximum absolute atomic E-state index is 13.0. The van der Waals surface area contributed by atoms with Gasteiger partial charge in [-0.15, -0.1) is 0 Å². The van der Waals surface area contributed by atoms with Crippen molar-refractivity contribution in [3.05, 3.63) is 48.0 Å². The number of nitrogens with zero attached hydrogens (tertiary/aromatic N) is 1. The van der Waals surface area contributed by atoms with Gasteiger partial charge in [-0.1, -0.05) is 56.3 Å². The maximum Gasteiger partial charge on any atom is 0.249 e. The summed E-state index contributed by atoms with van der Waals surface area (Å²) in [5, 5.41) is 1.83. The molecule has 20 heavy (non-hydrogen) atoms. The van der Waals surface area contributed by atoms with Crippen LogP contribution in [0.1, 0.15) is 25.8 Å². The molecule has 1 aliphatic heterocycles. The summed E-state index contributed by atoms with van der Waals surface area (Å²) in [6.07, 6.45) is 5.49. The van der Waals surface area contributed by atoms with E-state index in [4.69, 9.17) is 0 Å². The fourth-order valence-corrected chi connectivity index (χ4v) is 4.41. The second-order valence-electron chi connectivity index (χ2n) is 6.85. The number of allylic oxidation sites excluding steroid dienone is 1. The Morgan fingerprint density at radius 1 is 1.30 bits per heavy atom. The maximum atomic E-state index is 13.0. The van der Waals surface area contributed by atoms with E-state index in [1.165, 1.54) is 5.56 Å². The molecule has 3 aliphatic rings. The van der Waals surface area contributed by atoms with Crippen LogP contribution in [-0.4, -0.2) is 17.0 Å². The van der Waals surface area contributed by atoms with Crippen molar-refractivity contribution in [1.29, 1.82) is 0 Å². The van der Waals surface area contributed by atoms with Gasteiger partial charge in [0.05, 0.1) is 12.0 Å². The van der Waals surface area contributed by atoms with E-state index in [-0.39, 0.29) is 22.8 Å². The molecule has 3 heteroatoms. The first-order valence-corrected chi connectivity index (χ1v) is 7.37. The molecule has 3 atom stereocenters. The molecule has 1 amide bonds. The van der Waals surface area contributed by atoms with Crippen LogP contribution < -0.4 is 5.43 Å². The quantitative estimate of drug-likeness (QED) is 0.836. The van der Waals surface area contributed by atoms with Gasteiger partial charge in [0.2, 0.25) is 5.91 Å². The smallest absolute Gasteiger partial charge is 0.249 e. The first-order chi connectivity index (χ1) is 9.55. The van der Waals surface area contributed by atoms with E-state index in [2.05, 4.69) is 43.6 Å². The van der Waals surface area contributed by atoms with Gasteiger partial charge in [-0.25, -0.2) is 5.43 Å². The largest absolute Gasteiger partial charge is 0.272 e. The molecule has 0 aromatic heterocycles. The standard InChI is InChI=1S/C17H20N2O/c1-16(2)13-8-9-17(16)14(10-13)18-19(15(17)20)11-12-6-4-3-5-7-12/h3-9,13-14,18H,10-11H2,1-2H3/t13-,14-,17+/m1/s1. The van der Waals surface area contributed by atoms with Gasteiger partial charge in [-0.3, -0.25) is 9.80 Å². The van der Waals surface area contributed by atoms with E-state index in [1.807, 2.05) is 23.2 Å². The molecule has 1 saturated heterocycles. The van der Waals surface area contributed by atoms with Gasteiger partial charge in [0.1, 0.15) is 0 Å². The second-order valence-corrected chi connectivity index (χ2v) is 6.85. The van der Waals surface area contributed by atoms with E-state index < -0.39 is 0 Å². The van der Waals surface area contributed by atoms with Crippen LogP contribution in [0.3, 0.4) is 0 Å². The lowest BCUT2D eigenvalue weighted by atomic mass is 9.67. The number of benzene rings is 1. The number of carbonyl (C=O) groups excluding carboxylic acids is 1. The molecule has 1 saturated carbocycles. The summed E-state index contributed by atoms with van der Waals surface area (Å²) in [6.45, 7) is 5.12. The second kappa shape index (κ2) is 3.73. The average molecular weight is 268 g/mol. The Morgan fingerprint density at radius 3 is 2.70 bits per heavy atom. The van der Waals surface area contributed by atoms with Crippen molar-refractivity contribution in [2.45, 2.75) is 32.9 Å². The Bertz CT molecular complexity index is 592. The predicted octanol–water partition coefficient (Wildman–Crippen LogP) is 2.50. The zero-order valence-corrected chi connectivity index (χ0v) is 12.0. The van der Waals surface area contributed by atoms with Crippen LogP contribution in [-0.2, 0) is 11.3 Å². The van der Waals surface area contributed by atoms with E-state index in [0.717, 1.165) is 6.42 Å².